The van der Waals surface area contributed by atoms with Gasteiger partial charge in [-0.05, 0) is 98.2 Å². The van der Waals surface area contributed by atoms with Crippen LogP contribution in [0.5, 0.6) is 0 Å². The molecule has 4 nitrogen and oxygen atoms in total. The average Bonchev–Trinajstić information content (AvgIpc) is 4.02. The highest BCUT2D eigenvalue weighted by Gasteiger charge is 2.53. The van der Waals surface area contributed by atoms with Crippen molar-refractivity contribution in [2.45, 2.75) is 49.7 Å². The smallest absolute Gasteiger partial charge is 0.130 e. The van der Waals surface area contributed by atoms with Crippen molar-refractivity contribution in [2.75, 3.05) is 6.54 Å². The second-order valence-electron chi connectivity index (χ2n) is 19.1. The standard InChI is InChI=1S/C61H50N4/c1-39-30-31-43(34-48(39)40-18-6-3-7-19-40)59(64-38-56(64)41-20-8-4-9-21-41)63-58(62)42-32-33-46-45-24-12-14-26-50(45)61(52(46)35-42)51-27-15-17-29-55(51)65-54-28-16-13-25-47(54)49-36-60(2,37-53(61)57(49)65)44-22-10-5-11-23-44/h3-29,31-36,39,56,59H,30,37-38H2,1-2H3,(H2,62,63). The zero-order valence-electron chi connectivity index (χ0n) is 36.8. The van der Waals surface area contributed by atoms with E-state index in [1.54, 1.807) is 0 Å². The molecule has 2 N–H and O–H groups in total. The minimum Gasteiger partial charge on any atom is -0.383 e. The Morgan fingerprint density at radius 3 is 2.20 bits per heavy atom. The Labute approximate surface area is 380 Å². The summed E-state index contributed by atoms with van der Waals surface area (Å²) in [6, 6.07) is 67.4. The zero-order chi connectivity index (χ0) is 43.4. The van der Waals surface area contributed by atoms with E-state index in [0.29, 0.717) is 11.8 Å². The van der Waals surface area contributed by atoms with Gasteiger partial charge < -0.3 is 10.3 Å². The summed E-state index contributed by atoms with van der Waals surface area (Å²) in [5.41, 5.74) is 24.4. The van der Waals surface area contributed by atoms with Gasteiger partial charge in [0.05, 0.1) is 22.0 Å². The van der Waals surface area contributed by atoms with Crippen LogP contribution in [0.4, 0.5) is 0 Å². The van der Waals surface area contributed by atoms with Gasteiger partial charge >= 0.3 is 0 Å². The third kappa shape index (κ3) is 5.63. The number of hydrogen-bond donors (Lipinski definition) is 1. The van der Waals surface area contributed by atoms with Crippen LogP contribution in [0.2, 0.25) is 0 Å². The van der Waals surface area contributed by atoms with Crippen molar-refractivity contribution in [3.05, 3.63) is 249 Å². The van der Waals surface area contributed by atoms with Crippen LogP contribution < -0.4 is 16.3 Å². The number of benzene rings is 7. The summed E-state index contributed by atoms with van der Waals surface area (Å²) in [6.07, 6.45) is 8.96. The summed E-state index contributed by atoms with van der Waals surface area (Å²) in [6.45, 7) is 5.70. The molecule has 0 saturated carbocycles. The molecule has 314 valence electrons. The molecule has 6 atom stereocenters. The molecule has 7 aromatic carbocycles. The minimum absolute atomic E-state index is 0.227. The lowest BCUT2D eigenvalue weighted by Gasteiger charge is -2.44. The lowest BCUT2D eigenvalue weighted by Crippen LogP contribution is -2.49. The Morgan fingerprint density at radius 2 is 1.38 bits per heavy atom. The van der Waals surface area contributed by atoms with Crippen LogP contribution in [0, 0.1) is 5.92 Å². The summed E-state index contributed by atoms with van der Waals surface area (Å²) in [4.78, 5) is 8.10. The third-order valence-electron chi connectivity index (χ3n) is 15.4. The first-order valence-corrected chi connectivity index (χ1v) is 23.3. The maximum atomic E-state index is 7.45. The van der Waals surface area contributed by atoms with Crippen molar-refractivity contribution < 1.29 is 0 Å². The monoisotopic (exact) mass is 838 g/mol. The maximum Gasteiger partial charge on any atom is 0.130 e. The summed E-state index contributed by atoms with van der Waals surface area (Å²) in [7, 11) is 0. The molecule has 6 unspecified atom stereocenters. The quantitative estimate of drug-likeness (QED) is 0.0987. The number of hydrogen-bond acceptors (Lipinski definition) is 2. The van der Waals surface area contributed by atoms with Crippen LogP contribution in [0.1, 0.15) is 71.7 Å². The molecule has 3 heterocycles. The predicted molar refractivity (Wildman–Crippen MR) is 267 cm³/mol. The number of rotatable bonds is 7. The molecule has 8 aromatic rings. The molecular weight excluding hydrogens is 789 g/mol. The SMILES string of the molecule is CC1CC=C(C(/N=C(\N)c2ccc3c(c2)C2(C4=c5c(c6ccccc6n5-c5ccccc52)=CC(C)(c2ccccc2)C4)c2ccccc2-3)N2CC2c2ccccc2)C=C1c1ccccc1. The molecule has 0 radical (unpaired) electrons. The second kappa shape index (κ2) is 14.4. The van der Waals surface area contributed by atoms with Gasteiger partial charge in [0.15, 0.2) is 0 Å². The number of allylic oxidation sites excluding steroid dienone is 2. The molecule has 5 aliphatic rings. The van der Waals surface area contributed by atoms with E-state index < -0.39 is 5.41 Å². The molecular formula is C61H50N4. The number of nitrogens with zero attached hydrogens (tertiary/aromatic N) is 3. The Balaban J connectivity index is 1.03. The van der Waals surface area contributed by atoms with Gasteiger partial charge in [-0.1, -0.05) is 196 Å². The fourth-order valence-corrected chi connectivity index (χ4v) is 12.2. The Morgan fingerprint density at radius 1 is 0.708 bits per heavy atom. The van der Waals surface area contributed by atoms with E-state index in [9.17, 15) is 0 Å². The first kappa shape index (κ1) is 38.2. The van der Waals surface area contributed by atoms with Gasteiger partial charge in [0.2, 0.25) is 0 Å². The van der Waals surface area contributed by atoms with Crippen LogP contribution in [0.15, 0.2) is 205 Å². The highest BCUT2D eigenvalue weighted by Crippen LogP contribution is 2.61. The van der Waals surface area contributed by atoms with Crippen LogP contribution in [0.25, 0.3) is 44.9 Å². The van der Waals surface area contributed by atoms with E-state index in [1.165, 1.54) is 88.4 Å². The molecule has 0 bridgehead atoms. The van der Waals surface area contributed by atoms with Crippen molar-refractivity contribution in [3.63, 3.8) is 0 Å². The first-order chi connectivity index (χ1) is 31.9. The van der Waals surface area contributed by atoms with E-state index in [0.717, 1.165) is 24.9 Å². The van der Waals surface area contributed by atoms with Crippen LogP contribution in [0.3, 0.4) is 0 Å². The zero-order valence-corrected chi connectivity index (χ0v) is 36.8. The minimum atomic E-state index is -0.574. The third-order valence-corrected chi connectivity index (χ3v) is 15.4. The highest BCUT2D eigenvalue weighted by molar-refractivity contribution is 6.02. The number of nitrogens with two attached hydrogens (primary N) is 1. The molecule has 1 fully saturated rings. The summed E-state index contributed by atoms with van der Waals surface area (Å²) in [5, 5.41) is 3.93. The Bertz CT molecular complexity index is 3470. The molecule has 4 heteroatoms. The first-order valence-electron chi connectivity index (χ1n) is 23.3. The fourth-order valence-electron chi connectivity index (χ4n) is 12.2. The summed E-state index contributed by atoms with van der Waals surface area (Å²) in [5.74, 6) is 0.972. The molecule has 0 amide bonds. The molecule has 3 aliphatic carbocycles. The van der Waals surface area contributed by atoms with E-state index in [4.69, 9.17) is 10.7 Å². The maximum absolute atomic E-state index is 7.45. The lowest BCUT2D eigenvalue weighted by molar-refractivity contribution is 0.431. The number of aromatic nitrogens is 1. The van der Waals surface area contributed by atoms with E-state index >= 15 is 0 Å². The van der Waals surface area contributed by atoms with E-state index in [1.807, 2.05) is 0 Å². The van der Waals surface area contributed by atoms with Gasteiger partial charge in [-0.2, -0.15) is 0 Å². The van der Waals surface area contributed by atoms with Crippen molar-refractivity contribution in [1.82, 2.24) is 9.47 Å². The molecule has 13 rings (SSSR count). The largest absolute Gasteiger partial charge is 0.383 e. The highest BCUT2D eigenvalue weighted by atomic mass is 15.4. The molecule has 2 aliphatic heterocycles. The predicted octanol–water partition coefficient (Wildman–Crippen LogP) is 11.4. The lowest BCUT2D eigenvalue weighted by atomic mass is 9.60. The number of aliphatic imine (C=N–C) groups is 1. The topological polar surface area (TPSA) is 46.3 Å². The molecule has 1 spiro atoms. The molecule has 65 heavy (non-hydrogen) atoms. The van der Waals surface area contributed by atoms with Gasteiger partial charge in [0, 0.05) is 34.2 Å². The number of amidine groups is 1. The Kier molecular flexibility index (Phi) is 8.45. The van der Waals surface area contributed by atoms with Gasteiger partial charge in [0.1, 0.15) is 12.0 Å². The van der Waals surface area contributed by atoms with E-state index in [2.05, 4.69) is 224 Å². The molecule has 1 saturated heterocycles. The average molecular weight is 839 g/mol. The summed E-state index contributed by atoms with van der Waals surface area (Å²) < 4.78 is 2.57. The number of fused-ring (bicyclic) bond motifs is 12. The van der Waals surface area contributed by atoms with Gasteiger partial charge in [-0.25, -0.2) is 4.99 Å². The second-order valence-corrected chi connectivity index (χ2v) is 19.1. The van der Waals surface area contributed by atoms with Crippen molar-refractivity contribution >= 4 is 34.0 Å². The van der Waals surface area contributed by atoms with Crippen molar-refractivity contribution in [3.8, 4) is 16.8 Å². The van der Waals surface area contributed by atoms with Gasteiger partial charge in [-0.15, -0.1) is 0 Å². The van der Waals surface area contributed by atoms with Crippen LogP contribution in [-0.4, -0.2) is 28.0 Å². The van der Waals surface area contributed by atoms with Crippen molar-refractivity contribution in [2.24, 2.45) is 16.6 Å². The van der Waals surface area contributed by atoms with Crippen LogP contribution in [-0.2, 0) is 10.8 Å². The van der Waals surface area contributed by atoms with Crippen molar-refractivity contribution in [1.29, 1.82) is 0 Å². The van der Waals surface area contributed by atoms with E-state index in [-0.39, 0.29) is 17.6 Å². The van der Waals surface area contributed by atoms with Crippen LogP contribution >= 0.6 is 0 Å². The number of para-hydroxylation sites is 2. The Hall–Kier alpha value is -7.27. The fraction of sp³-hybridized carbons (Fsp3) is 0.164. The summed E-state index contributed by atoms with van der Waals surface area (Å²) >= 11 is 0. The van der Waals surface area contributed by atoms with Gasteiger partial charge in [-0.3, -0.25) is 4.90 Å². The van der Waals surface area contributed by atoms with Gasteiger partial charge in [0.25, 0.3) is 0 Å². The normalized spacial score (nSPS) is 24.0. The molecule has 1 aromatic heterocycles.